The molecule has 6 rings (SSSR count). The zero-order chi connectivity index (χ0) is 23.2. The first kappa shape index (κ1) is 20.0. The first-order chi connectivity index (χ1) is 16.6. The smallest absolute Gasteiger partial charge is 0.155 e. The molecule has 0 aliphatic rings. The summed E-state index contributed by atoms with van der Waals surface area (Å²) < 4.78 is 13.9. The molecule has 166 valence electrons. The number of halogens is 1. The largest absolute Gasteiger partial charge is 0.376 e. The summed E-state index contributed by atoms with van der Waals surface area (Å²) in [5, 5.41) is 9.32. The molecule has 5 heterocycles. The van der Waals surface area contributed by atoms with Crippen LogP contribution >= 0.6 is 0 Å². The van der Waals surface area contributed by atoms with E-state index in [-0.39, 0.29) is 5.82 Å². The summed E-state index contributed by atoms with van der Waals surface area (Å²) >= 11 is 0. The summed E-state index contributed by atoms with van der Waals surface area (Å²) in [6, 6.07) is 14.6. The molecule has 6 aromatic rings. The van der Waals surface area contributed by atoms with Crippen molar-refractivity contribution < 1.29 is 4.39 Å². The van der Waals surface area contributed by atoms with Gasteiger partial charge < -0.3 is 9.88 Å². The maximum Gasteiger partial charge on any atom is 0.155 e. The van der Waals surface area contributed by atoms with Crippen LogP contribution in [0.4, 0.5) is 10.1 Å². The number of hydrogen-bond acceptors (Lipinski definition) is 5. The molecule has 2 N–H and O–H groups in total. The third kappa shape index (κ3) is 3.36. The standard InChI is InChI=1S/C26H20FN7/c1-34(2)19-9-16(12-28-14-19)17-10-22-24(32-33-26(22)30-13-17)23-11-21-20(6-7-29-25(21)31-23)15-4-3-5-18(27)8-15/h3-14H,1-2H3,(H,29,31)(H,30,32,33). The van der Waals surface area contributed by atoms with Crippen LogP contribution in [-0.2, 0) is 0 Å². The van der Waals surface area contributed by atoms with Gasteiger partial charge in [-0.05, 0) is 47.5 Å². The number of pyridine rings is 3. The number of H-pyrrole nitrogens is 2. The number of hydrogen-bond donors (Lipinski definition) is 2. The fraction of sp³-hybridized carbons (Fsp3) is 0.0769. The number of benzene rings is 1. The van der Waals surface area contributed by atoms with Crippen LogP contribution in [0.1, 0.15) is 0 Å². The first-order valence-electron chi connectivity index (χ1n) is 10.8. The predicted octanol–water partition coefficient (Wildman–Crippen LogP) is 5.44. The van der Waals surface area contributed by atoms with Gasteiger partial charge in [-0.25, -0.2) is 14.4 Å². The highest BCUT2D eigenvalue weighted by atomic mass is 19.1. The van der Waals surface area contributed by atoms with Gasteiger partial charge in [-0.3, -0.25) is 10.1 Å². The molecule has 0 spiro atoms. The normalized spacial score (nSPS) is 11.4. The minimum atomic E-state index is -0.275. The number of nitrogens with zero attached hydrogens (tertiary/aromatic N) is 5. The third-order valence-corrected chi connectivity index (χ3v) is 5.91. The SMILES string of the molecule is CN(C)c1cncc(-c2cnc3[nH]nc(-c4cc5c(-c6cccc(F)c6)ccnc5[nH]4)c3c2)c1. The molecule has 0 atom stereocenters. The van der Waals surface area contributed by atoms with E-state index in [1.807, 2.05) is 55.8 Å². The minimum absolute atomic E-state index is 0.275. The van der Waals surface area contributed by atoms with E-state index in [2.05, 4.69) is 42.3 Å². The average Bonchev–Trinajstić information content (AvgIpc) is 3.47. The zero-order valence-electron chi connectivity index (χ0n) is 18.5. The second-order valence-corrected chi connectivity index (χ2v) is 8.33. The Morgan fingerprint density at radius 1 is 0.824 bits per heavy atom. The minimum Gasteiger partial charge on any atom is -0.376 e. The lowest BCUT2D eigenvalue weighted by molar-refractivity contribution is 0.628. The zero-order valence-corrected chi connectivity index (χ0v) is 18.5. The maximum absolute atomic E-state index is 13.9. The molecule has 0 aliphatic heterocycles. The van der Waals surface area contributed by atoms with E-state index in [1.165, 1.54) is 12.1 Å². The monoisotopic (exact) mass is 449 g/mol. The number of fused-ring (bicyclic) bond motifs is 2. The third-order valence-electron chi connectivity index (χ3n) is 5.91. The van der Waals surface area contributed by atoms with Crippen molar-refractivity contribution in [3.63, 3.8) is 0 Å². The molecule has 0 aliphatic carbocycles. The molecule has 0 radical (unpaired) electrons. The summed E-state index contributed by atoms with van der Waals surface area (Å²) in [7, 11) is 3.97. The highest BCUT2D eigenvalue weighted by Crippen LogP contribution is 2.34. The lowest BCUT2D eigenvalue weighted by Crippen LogP contribution is -2.08. The Bertz CT molecular complexity index is 1670. The molecule has 0 amide bonds. The Morgan fingerprint density at radius 3 is 2.56 bits per heavy atom. The Hall–Kier alpha value is -4.59. The molecule has 0 saturated heterocycles. The summed E-state index contributed by atoms with van der Waals surface area (Å²) in [5.74, 6) is -0.275. The van der Waals surface area contributed by atoms with Crippen molar-refractivity contribution in [3.8, 4) is 33.6 Å². The highest BCUT2D eigenvalue weighted by molar-refractivity contribution is 5.99. The number of anilines is 1. The summed E-state index contributed by atoms with van der Waals surface area (Å²) in [6.45, 7) is 0. The van der Waals surface area contributed by atoms with Crippen molar-refractivity contribution in [2.45, 2.75) is 0 Å². The van der Waals surface area contributed by atoms with Gasteiger partial charge in [-0.15, -0.1) is 0 Å². The van der Waals surface area contributed by atoms with Gasteiger partial charge in [-0.2, -0.15) is 5.10 Å². The molecule has 34 heavy (non-hydrogen) atoms. The number of aromatic amines is 2. The van der Waals surface area contributed by atoms with Crippen LogP contribution in [0.15, 0.2) is 73.3 Å². The van der Waals surface area contributed by atoms with Crippen molar-refractivity contribution in [1.82, 2.24) is 30.1 Å². The molecule has 1 aromatic carbocycles. The lowest BCUT2D eigenvalue weighted by atomic mass is 10.0. The van der Waals surface area contributed by atoms with Gasteiger partial charge in [0.2, 0.25) is 0 Å². The van der Waals surface area contributed by atoms with E-state index in [4.69, 9.17) is 0 Å². The summed E-state index contributed by atoms with van der Waals surface area (Å²) in [6.07, 6.45) is 7.19. The van der Waals surface area contributed by atoms with Crippen molar-refractivity contribution in [1.29, 1.82) is 0 Å². The van der Waals surface area contributed by atoms with Gasteiger partial charge in [0.15, 0.2) is 5.65 Å². The molecule has 0 bridgehead atoms. The quantitative estimate of drug-likeness (QED) is 0.375. The Kier molecular flexibility index (Phi) is 4.58. The molecule has 7 nitrogen and oxygen atoms in total. The Balaban J connectivity index is 1.48. The molecule has 8 heteroatoms. The van der Waals surface area contributed by atoms with Gasteiger partial charge in [0.05, 0.1) is 17.6 Å². The maximum atomic E-state index is 13.9. The van der Waals surface area contributed by atoms with Gasteiger partial charge in [-0.1, -0.05) is 12.1 Å². The lowest BCUT2D eigenvalue weighted by Gasteiger charge is -2.12. The van der Waals surface area contributed by atoms with Crippen LogP contribution in [0.5, 0.6) is 0 Å². The molecule has 0 unspecified atom stereocenters. The second-order valence-electron chi connectivity index (χ2n) is 8.33. The van der Waals surface area contributed by atoms with Crippen LogP contribution in [0, 0.1) is 5.82 Å². The van der Waals surface area contributed by atoms with Gasteiger partial charge >= 0.3 is 0 Å². The fourth-order valence-electron chi connectivity index (χ4n) is 4.16. The van der Waals surface area contributed by atoms with E-state index in [1.54, 1.807) is 12.3 Å². The Morgan fingerprint density at radius 2 is 1.71 bits per heavy atom. The van der Waals surface area contributed by atoms with E-state index >= 15 is 0 Å². The molecule has 5 aromatic heterocycles. The van der Waals surface area contributed by atoms with Crippen LogP contribution in [0.3, 0.4) is 0 Å². The fourth-order valence-corrected chi connectivity index (χ4v) is 4.16. The number of nitrogens with one attached hydrogen (secondary N) is 2. The van der Waals surface area contributed by atoms with Crippen LogP contribution in [-0.4, -0.2) is 44.2 Å². The molecular formula is C26H20FN7. The Labute approximate surface area is 194 Å². The summed E-state index contributed by atoms with van der Waals surface area (Å²) in [4.78, 5) is 18.8. The molecule has 0 saturated carbocycles. The van der Waals surface area contributed by atoms with Crippen molar-refractivity contribution in [2.75, 3.05) is 19.0 Å². The second kappa shape index (κ2) is 7.77. The van der Waals surface area contributed by atoms with Gasteiger partial charge in [0.25, 0.3) is 0 Å². The number of aromatic nitrogens is 6. The molecular weight excluding hydrogens is 429 g/mol. The number of rotatable bonds is 4. The van der Waals surface area contributed by atoms with E-state index in [0.29, 0.717) is 11.3 Å². The van der Waals surface area contributed by atoms with E-state index in [0.717, 1.165) is 50.1 Å². The first-order valence-corrected chi connectivity index (χ1v) is 10.8. The van der Waals surface area contributed by atoms with Crippen LogP contribution in [0.25, 0.3) is 55.7 Å². The van der Waals surface area contributed by atoms with E-state index in [9.17, 15) is 4.39 Å². The van der Waals surface area contributed by atoms with Crippen molar-refractivity contribution in [3.05, 3.63) is 79.1 Å². The summed E-state index contributed by atoms with van der Waals surface area (Å²) in [5.41, 5.74) is 7.56. The van der Waals surface area contributed by atoms with Crippen LogP contribution in [0.2, 0.25) is 0 Å². The topological polar surface area (TPSA) is 86.4 Å². The van der Waals surface area contributed by atoms with Crippen molar-refractivity contribution in [2.24, 2.45) is 0 Å². The van der Waals surface area contributed by atoms with Crippen LogP contribution < -0.4 is 4.90 Å². The molecule has 0 fully saturated rings. The van der Waals surface area contributed by atoms with Crippen molar-refractivity contribution >= 4 is 27.8 Å². The highest BCUT2D eigenvalue weighted by Gasteiger charge is 2.16. The van der Waals surface area contributed by atoms with Gasteiger partial charge in [0.1, 0.15) is 17.2 Å². The predicted molar refractivity (Wildman–Crippen MR) is 132 cm³/mol. The van der Waals surface area contributed by atoms with E-state index < -0.39 is 0 Å². The average molecular weight is 449 g/mol. The van der Waals surface area contributed by atoms with Gasteiger partial charge in [0, 0.05) is 54.6 Å².